The molecule has 0 fully saturated rings. The molecule has 0 heterocycles. The van der Waals surface area contributed by atoms with Gasteiger partial charge in [-0.3, -0.25) is 0 Å². The average molecular weight is 966 g/mol. The van der Waals surface area contributed by atoms with Crippen LogP contribution in [0.4, 0.5) is 17.1 Å². The van der Waals surface area contributed by atoms with Gasteiger partial charge in [-0.25, -0.2) is 0 Å². The predicted octanol–water partition coefficient (Wildman–Crippen LogP) is 20.2. The Kier molecular flexibility index (Phi) is 11.2. The van der Waals surface area contributed by atoms with Gasteiger partial charge in [0.2, 0.25) is 0 Å². The molecule has 13 aromatic carbocycles. The highest BCUT2D eigenvalue weighted by Crippen LogP contribution is 2.58. The number of benzene rings is 13. The van der Waals surface area contributed by atoms with E-state index in [1.807, 2.05) is 0 Å². The number of fused-ring (bicyclic) bond motifs is 6. The van der Waals surface area contributed by atoms with E-state index in [9.17, 15) is 0 Å². The molecule has 14 rings (SSSR count). The predicted molar refractivity (Wildman–Crippen MR) is 321 cm³/mol. The number of anilines is 3. The molecular weight excluding hydrogens is 915 g/mol. The zero-order valence-electron chi connectivity index (χ0n) is 41.9. The molecule has 0 amide bonds. The van der Waals surface area contributed by atoms with Crippen LogP contribution in [0.3, 0.4) is 0 Å². The molecule has 0 saturated heterocycles. The largest absolute Gasteiger partial charge is 0.309 e. The maximum atomic E-state index is 2.56. The smallest absolute Gasteiger partial charge is 0.0713 e. The van der Waals surface area contributed by atoms with Crippen LogP contribution in [-0.4, -0.2) is 0 Å². The van der Waals surface area contributed by atoms with Gasteiger partial charge in [-0.05, 0) is 118 Å². The number of hydrogen-bond donors (Lipinski definition) is 0. The van der Waals surface area contributed by atoms with Crippen LogP contribution in [0.5, 0.6) is 0 Å². The number of hydrogen-bond acceptors (Lipinski definition) is 1. The van der Waals surface area contributed by atoms with E-state index in [4.69, 9.17) is 0 Å². The minimum atomic E-state index is -0.531. The fourth-order valence-corrected chi connectivity index (χ4v) is 12.5. The van der Waals surface area contributed by atoms with Crippen LogP contribution in [0.1, 0.15) is 22.3 Å². The van der Waals surface area contributed by atoms with Gasteiger partial charge in [0.15, 0.2) is 0 Å². The van der Waals surface area contributed by atoms with Crippen LogP contribution in [0.2, 0.25) is 0 Å². The number of para-hydroxylation sites is 2. The van der Waals surface area contributed by atoms with Crippen molar-refractivity contribution in [2.45, 2.75) is 5.41 Å². The standard InChI is InChI=1S/C75H51N/c1-7-26-52(27-8-1)61-42-25-43-62(53-28-9-2-10-29-53)74(61)76(59-47-49-70-67(51-59)65-40-21-23-44-69(65)75(70,57-34-15-5-16-35-57)58-36-17-6-18-37-58)71-45-24-22-38-60(71)56-46-48-64-63-39-19-20-41-66(63)72(54-30-11-3-12-31-54)73(68(64)50-56)55-32-13-4-14-33-55/h1-51H. The molecule has 0 aliphatic heterocycles. The molecule has 13 aromatic rings. The zero-order chi connectivity index (χ0) is 50.4. The summed E-state index contributed by atoms with van der Waals surface area (Å²) in [6.45, 7) is 0. The molecular formula is C75H51N. The van der Waals surface area contributed by atoms with Crippen LogP contribution in [0, 0.1) is 0 Å². The lowest BCUT2D eigenvalue weighted by molar-refractivity contribution is 0.768. The van der Waals surface area contributed by atoms with E-state index in [1.54, 1.807) is 0 Å². The highest BCUT2D eigenvalue weighted by atomic mass is 15.2. The highest BCUT2D eigenvalue weighted by molar-refractivity contribution is 6.22. The summed E-state index contributed by atoms with van der Waals surface area (Å²) in [5.74, 6) is 0. The number of rotatable bonds is 10. The van der Waals surface area contributed by atoms with Gasteiger partial charge in [0, 0.05) is 22.4 Å². The van der Waals surface area contributed by atoms with E-state index in [0.717, 1.165) is 50.4 Å². The second kappa shape index (κ2) is 18.9. The highest BCUT2D eigenvalue weighted by Gasteiger charge is 2.46. The summed E-state index contributed by atoms with van der Waals surface area (Å²) in [6, 6.07) is 114. The van der Waals surface area contributed by atoms with Gasteiger partial charge < -0.3 is 4.90 Å². The zero-order valence-corrected chi connectivity index (χ0v) is 41.9. The van der Waals surface area contributed by atoms with Gasteiger partial charge in [0.05, 0.1) is 16.8 Å². The van der Waals surface area contributed by atoms with Crippen molar-refractivity contribution in [2.75, 3.05) is 4.90 Å². The quantitative estimate of drug-likeness (QED) is 0.123. The van der Waals surface area contributed by atoms with E-state index < -0.39 is 5.41 Å². The second-order valence-electron chi connectivity index (χ2n) is 19.8. The summed E-state index contributed by atoms with van der Waals surface area (Å²) in [5.41, 5.74) is 22.0. The first-order valence-corrected chi connectivity index (χ1v) is 26.3. The van der Waals surface area contributed by atoms with Crippen molar-refractivity contribution in [1.29, 1.82) is 0 Å². The average Bonchev–Trinajstić information content (AvgIpc) is 4.01. The Morgan fingerprint density at radius 1 is 0.237 bits per heavy atom. The van der Waals surface area contributed by atoms with Gasteiger partial charge in [0.25, 0.3) is 0 Å². The summed E-state index contributed by atoms with van der Waals surface area (Å²) in [4.78, 5) is 2.56. The molecule has 0 saturated carbocycles. The van der Waals surface area contributed by atoms with Crippen molar-refractivity contribution in [3.05, 3.63) is 332 Å². The molecule has 0 spiro atoms. The van der Waals surface area contributed by atoms with Gasteiger partial charge in [-0.2, -0.15) is 0 Å². The molecule has 0 bridgehead atoms. The molecule has 1 heteroatoms. The molecule has 0 aromatic heterocycles. The Bertz CT molecular complexity index is 4150. The molecule has 356 valence electrons. The van der Waals surface area contributed by atoms with Crippen LogP contribution in [0.15, 0.2) is 309 Å². The van der Waals surface area contributed by atoms with E-state index in [0.29, 0.717) is 0 Å². The SMILES string of the molecule is c1ccc(-c2cccc(-c3ccccc3)c2N(c2ccc3c(c2)-c2ccccc2C3(c2ccccc2)c2ccccc2)c2ccccc2-c2ccc3c(c2)c(-c2ccccc2)c(-c2ccccc2)c2ccccc23)cc1. The van der Waals surface area contributed by atoms with Crippen molar-refractivity contribution in [3.8, 4) is 66.8 Å². The molecule has 1 nitrogen and oxygen atoms in total. The number of nitrogens with zero attached hydrogens (tertiary/aromatic N) is 1. The van der Waals surface area contributed by atoms with E-state index in [1.165, 1.54) is 77.2 Å². The first-order valence-electron chi connectivity index (χ1n) is 26.3. The van der Waals surface area contributed by atoms with Gasteiger partial charge in [0.1, 0.15) is 0 Å². The lowest BCUT2D eigenvalue weighted by Crippen LogP contribution is -2.28. The summed E-state index contributed by atoms with van der Waals surface area (Å²) in [7, 11) is 0. The Morgan fingerprint density at radius 2 is 0.671 bits per heavy atom. The van der Waals surface area contributed by atoms with Gasteiger partial charge in [-0.1, -0.05) is 285 Å². The molecule has 1 aliphatic carbocycles. The normalized spacial score (nSPS) is 12.3. The van der Waals surface area contributed by atoms with Crippen molar-refractivity contribution in [3.63, 3.8) is 0 Å². The molecule has 0 radical (unpaired) electrons. The Balaban J connectivity index is 1.08. The summed E-state index contributed by atoms with van der Waals surface area (Å²) < 4.78 is 0. The topological polar surface area (TPSA) is 3.24 Å². The van der Waals surface area contributed by atoms with Gasteiger partial charge >= 0.3 is 0 Å². The first kappa shape index (κ1) is 44.8. The van der Waals surface area contributed by atoms with Crippen LogP contribution < -0.4 is 4.90 Å². The van der Waals surface area contributed by atoms with Crippen molar-refractivity contribution < 1.29 is 0 Å². The maximum Gasteiger partial charge on any atom is 0.0713 e. The Hall–Kier alpha value is -9.82. The third kappa shape index (κ3) is 7.31. The van der Waals surface area contributed by atoms with Crippen molar-refractivity contribution >= 4 is 38.6 Å². The summed E-state index contributed by atoms with van der Waals surface area (Å²) in [6.07, 6.45) is 0. The molecule has 0 unspecified atom stereocenters. The lowest BCUT2D eigenvalue weighted by atomic mass is 9.68. The van der Waals surface area contributed by atoms with Crippen LogP contribution >= 0.6 is 0 Å². The third-order valence-electron chi connectivity index (χ3n) is 15.7. The van der Waals surface area contributed by atoms with E-state index in [-0.39, 0.29) is 0 Å². The van der Waals surface area contributed by atoms with Crippen molar-refractivity contribution in [1.82, 2.24) is 0 Å². The fraction of sp³-hybridized carbons (Fsp3) is 0.0133. The Morgan fingerprint density at radius 3 is 1.26 bits per heavy atom. The van der Waals surface area contributed by atoms with E-state index in [2.05, 4.69) is 314 Å². The molecule has 0 atom stereocenters. The van der Waals surface area contributed by atoms with Crippen LogP contribution in [-0.2, 0) is 5.41 Å². The molecule has 0 N–H and O–H groups in total. The first-order chi connectivity index (χ1) is 37.8. The monoisotopic (exact) mass is 965 g/mol. The minimum absolute atomic E-state index is 0.531. The third-order valence-corrected chi connectivity index (χ3v) is 15.7. The van der Waals surface area contributed by atoms with Crippen molar-refractivity contribution in [2.24, 2.45) is 0 Å². The molecule has 1 aliphatic rings. The van der Waals surface area contributed by atoms with Gasteiger partial charge in [-0.15, -0.1) is 0 Å². The van der Waals surface area contributed by atoms with E-state index >= 15 is 0 Å². The Labute approximate surface area is 444 Å². The lowest BCUT2D eigenvalue weighted by Gasteiger charge is -2.35. The maximum absolute atomic E-state index is 2.56. The second-order valence-corrected chi connectivity index (χ2v) is 19.8. The summed E-state index contributed by atoms with van der Waals surface area (Å²) in [5, 5.41) is 4.92. The fourth-order valence-electron chi connectivity index (χ4n) is 12.5. The van der Waals surface area contributed by atoms with Crippen LogP contribution in [0.25, 0.3) is 88.3 Å². The summed E-state index contributed by atoms with van der Waals surface area (Å²) >= 11 is 0. The molecule has 76 heavy (non-hydrogen) atoms. The minimum Gasteiger partial charge on any atom is -0.309 e.